The standard InChI is InChI=1S/C10H18NO2/c1-3-5-7-10(13,11-9-12)8-6-4-2/h3-8H2,1-2H3. The summed E-state index contributed by atoms with van der Waals surface area (Å²) in [4.78, 5) is 13.4. The molecule has 0 aliphatic rings. The first-order chi connectivity index (χ1) is 6.18. The molecule has 0 rings (SSSR count). The van der Waals surface area contributed by atoms with Gasteiger partial charge in [0.25, 0.3) is 0 Å². The quantitative estimate of drug-likeness (QED) is 0.443. The Labute approximate surface area is 79.9 Å². The van der Waals surface area contributed by atoms with E-state index in [9.17, 15) is 9.90 Å². The number of rotatable bonds is 7. The molecule has 0 unspecified atom stereocenters. The first-order valence-electron chi connectivity index (χ1n) is 4.98. The Bertz CT molecular complexity index is 166. The molecular weight excluding hydrogens is 166 g/mol. The number of aliphatic imine (C=N–C) groups is 1. The van der Waals surface area contributed by atoms with Gasteiger partial charge in [0.2, 0.25) is 11.8 Å². The zero-order valence-electron chi connectivity index (χ0n) is 8.51. The summed E-state index contributed by atoms with van der Waals surface area (Å²) in [5.74, 6) is 0. The van der Waals surface area contributed by atoms with E-state index in [0.717, 1.165) is 25.7 Å². The van der Waals surface area contributed by atoms with E-state index in [1.807, 2.05) is 13.8 Å². The Kier molecular flexibility index (Phi) is 6.47. The van der Waals surface area contributed by atoms with Crippen molar-refractivity contribution in [2.75, 3.05) is 0 Å². The lowest BCUT2D eigenvalue weighted by Crippen LogP contribution is -2.23. The highest BCUT2D eigenvalue weighted by molar-refractivity contribution is 5.34. The molecule has 0 heterocycles. The molecule has 0 aromatic heterocycles. The highest BCUT2D eigenvalue weighted by atomic mass is 16.3. The lowest BCUT2D eigenvalue weighted by atomic mass is 10.0. The molecule has 0 saturated carbocycles. The average Bonchev–Trinajstić information content (AvgIpc) is 2.12. The van der Waals surface area contributed by atoms with Crippen molar-refractivity contribution in [3.05, 3.63) is 0 Å². The molecule has 0 bridgehead atoms. The summed E-state index contributed by atoms with van der Waals surface area (Å²) in [6, 6.07) is 0. The molecule has 13 heavy (non-hydrogen) atoms. The molecule has 0 saturated heterocycles. The fourth-order valence-electron chi connectivity index (χ4n) is 1.23. The average molecular weight is 184 g/mol. The minimum atomic E-state index is -1.40. The van der Waals surface area contributed by atoms with Gasteiger partial charge in [0.15, 0.2) is 0 Å². The molecule has 75 valence electrons. The van der Waals surface area contributed by atoms with Crippen LogP contribution in [0.25, 0.3) is 0 Å². The Balaban J connectivity index is 4.07. The summed E-state index contributed by atoms with van der Waals surface area (Å²) in [5.41, 5.74) is -1.40. The van der Waals surface area contributed by atoms with Gasteiger partial charge in [-0.15, -0.1) is 0 Å². The smallest absolute Gasteiger partial charge is 0.211 e. The van der Waals surface area contributed by atoms with E-state index in [1.165, 1.54) is 6.08 Å². The van der Waals surface area contributed by atoms with Gasteiger partial charge < -0.3 is 0 Å². The first kappa shape index (κ1) is 12.3. The van der Waals surface area contributed by atoms with Crippen LogP contribution in [0.2, 0.25) is 0 Å². The zero-order chi connectivity index (χ0) is 10.2. The van der Waals surface area contributed by atoms with Crippen LogP contribution in [0.5, 0.6) is 0 Å². The van der Waals surface area contributed by atoms with Crippen LogP contribution < -0.4 is 0 Å². The molecule has 0 spiro atoms. The maximum Gasteiger partial charge on any atom is 0.238 e. The molecule has 1 radical (unpaired) electrons. The third-order valence-corrected chi connectivity index (χ3v) is 2.09. The number of unbranched alkanes of at least 4 members (excludes halogenated alkanes) is 2. The number of isocyanates is 1. The van der Waals surface area contributed by atoms with Crippen LogP contribution in [0.4, 0.5) is 0 Å². The van der Waals surface area contributed by atoms with Crippen molar-refractivity contribution in [3.63, 3.8) is 0 Å². The van der Waals surface area contributed by atoms with Crippen LogP contribution in [-0.2, 0) is 9.90 Å². The highest BCUT2D eigenvalue weighted by Gasteiger charge is 2.26. The third kappa shape index (κ3) is 5.56. The summed E-state index contributed by atoms with van der Waals surface area (Å²) in [6.07, 6.45) is 5.89. The molecule has 3 nitrogen and oxygen atoms in total. The van der Waals surface area contributed by atoms with Crippen molar-refractivity contribution < 1.29 is 9.90 Å². The summed E-state index contributed by atoms with van der Waals surface area (Å²) >= 11 is 0. The van der Waals surface area contributed by atoms with E-state index in [4.69, 9.17) is 0 Å². The summed E-state index contributed by atoms with van der Waals surface area (Å²) in [6.45, 7) is 4.04. The monoisotopic (exact) mass is 184 g/mol. The third-order valence-electron chi connectivity index (χ3n) is 2.09. The largest absolute Gasteiger partial charge is 0.238 e. The minimum Gasteiger partial charge on any atom is -0.211 e. The number of nitrogens with zero attached hydrogens (tertiary/aromatic N) is 1. The van der Waals surface area contributed by atoms with Gasteiger partial charge in [-0.2, -0.15) is 4.99 Å². The van der Waals surface area contributed by atoms with Gasteiger partial charge >= 0.3 is 0 Å². The summed E-state index contributed by atoms with van der Waals surface area (Å²) in [5, 5.41) is 11.8. The predicted molar refractivity (Wildman–Crippen MR) is 50.6 cm³/mol. The number of hydrogen-bond donors (Lipinski definition) is 0. The van der Waals surface area contributed by atoms with Gasteiger partial charge in [-0.1, -0.05) is 26.7 Å². The van der Waals surface area contributed by atoms with E-state index < -0.39 is 5.72 Å². The molecule has 0 aromatic carbocycles. The van der Waals surface area contributed by atoms with Gasteiger partial charge in [0, 0.05) is 12.8 Å². The van der Waals surface area contributed by atoms with Gasteiger partial charge in [-0.25, -0.2) is 9.90 Å². The predicted octanol–water partition coefficient (Wildman–Crippen LogP) is 2.83. The van der Waals surface area contributed by atoms with Crippen LogP contribution in [-0.4, -0.2) is 11.8 Å². The van der Waals surface area contributed by atoms with Gasteiger partial charge in [0.05, 0.1) is 0 Å². The second kappa shape index (κ2) is 6.81. The van der Waals surface area contributed by atoms with Crippen molar-refractivity contribution in [2.45, 2.75) is 58.1 Å². The van der Waals surface area contributed by atoms with Gasteiger partial charge in [-0.3, -0.25) is 0 Å². The fourth-order valence-corrected chi connectivity index (χ4v) is 1.23. The molecule has 0 fully saturated rings. The van der Waals surface area contributed by atoms with Gasteiger partial charge in [-0.05, 0) is 12.8 Å². The van der Waals surface area contributed by atoms with Crippen molar-refractivity contribution >= 4 is 6.08 Å². The Morgan fingerprint density at radius 2 is 1.62 bits per heavy atom. The maximum atomic E-state index is 11.8. The van der Waals surface area contributed by atoms with Crippen LogP contribution >= 0.6 is 0 Å². The van der Waals surface area contributed by atoms with E-state index in [-0.39, 0.29) is 0 Å². The second-order valence-corrected chi connectivity index (χ2v) is 3.36. The van der Waals surface area contributed by atoms with Gasteiger partial charge in [0.1, 0.15) is 0 Å². The minimum absolute atomic E-state index is 0.457. The molecule has 0 atom stereocenters. The Hall–Kier alpha value is -0.660. The van der Waals surface area contributed by atoms with Crippen molar-refractivity contribution in [1.82, 2.24) is 0 Å². The molecule has 3 heteroatoms. The molecule has 0 N–H and O–H groups in total. The Morgan fingerprint density at radius 3 is 1.92 bits per heavy atom. The lowest BCUT2D eigenvalue weighted by molar-refractivity contribution is -0.0389. The lowest BCUT2D eigenvalue weighted by Gasteiger charge is -2.18. The van der Waals surface area contributed by atoms with Crippen LogP contribution in [0.15, 0.2) is 4.99 Å². The van der Waals surface area contributed by atoms with Crippen molar-refractivity contribution in [1.29, 1.82) is 0 Å². The first-order valence-corrected chi connectivity index (χ1v) is 4.98. The maximum absolute atomic E-state index is 11.8. The summed E-state index contributed by atoms with van der Waals surface area (Å²) in [7, 11) is 0. The van der Waals surface area contributed by atoms with Crippen molar-refractivity contribution in [2.24, 2.45) is 4.99 Å². The Morgan fingerprint density at radius 1 is 1.15 bits per heavy atom. The van der Waals surface area contributed by atoms with Crippen LogP contribution in [0.1, 0.15) is 52.4 Å². The van der Waals surface area contributed by atoms with E-state index in [1.54, 1.807) is 0 Å². The molecule has 0 amide bonds. The SMILES string of the molecule is CCCCC([O])(CCCC)N=C=O. The molecule has 0 aliphatic heterocycles. The summed E-state index contributed by atoms with van der Waals surface area (Å²) < 4.78 is 0. The molecular formula is C10H18NO2. The van der Waals surface area contributed by atoms with E-state index >= 15 is 0 Å². The van der Waals surface area contributed by atoms with E-state index in [2.05, 4.69) is 4.99 Å². The zero-order valence-corrected chi connectivity index (χ0v) is 8.51. The molecule has 0 aliphatic carbocycles. The van der Waals surface area contributed by atoms with Crippen molar-refractivity contribution in [3.8, 4) is 0 Å². The van der Waals surface area contributed by atoms with Crippen LogP contribution in [0, 0.1) is 0 Å². The topological polar surface area (TPSA) is 49.3 Å². The normalized spacial score (nSPS) is 11.0. The number of hydrogen-bond acceptors (Lipinski definition) is 2. The van der Waals surface area contributed by atoms with Crippen LogP contribution in [0.3, 0.4) is 0 Å². The highest BCUT2D eigenvalue weighted by Crippen LogP contribution is 2.23. The van der Waals surface area contributed by atoms with E-state index in [0.29, 0.717) is 12.8 Å². The second-order valence-electron chi connectivity index (χ2n) is 3.36. The fraction of sp³-hybridized carbons (Fsp3) is 0.900. The molecule has 0 aromatic rings. The number of carbonyl (C=O) groups excluding carboxylic acids is 1.